The normalized spacial score (nSPS) is 10.2. The maximum Gasteiger partial charge on any atom is 0.257 e. The quantitative estimate of drug-likeness (QED) is 0.821. The molecule has 3 N–H and O–H groups in total. The Morgan fingerprint density at radius 2 is 1.68 bits per heavy atom. The number of nitrogens with two attached hydrogens (primary N) is 1. The van der Waals surface area contributed by atoms with Gasteiger partial charge in [-0.3, -0.25) is 9.59 Å². The number of primary amides is 1. The van der Waals surface area contributed by atoms with Gasteiger partial charge in [-0.2, -0.15) is 0 Å². The summed E-state index contributed by atoms with van der Waals surface area (Å²) in [5.41, 5.74) is 5.25. The van der Waals surface area contributed by atoms with E-state index >= 15 is 0 Å². The molecule has 0 spiro atoms. The van der Waals surface area contributed by atoms with Crippen molar-refractivity contribution in [1.29, 1.82) is 0 Å². The van der Waals surface area contributed by atoms with Gasteiger partial charge >= 0.3 is 0 Å². The molecule has 19 heavy (non-hydrogen) atoms. The van der Waals surface area contributed by atoms with Crippen molar-refractivity contribution in [3.63, 3.8) is 0 Å². The first kappa shape index (κ1) is 15.0. The summed E-state index contributed by atoms with van der Waals surface area (Å²) in [6, 6.07) is 4.45. The summed E-state index contributed by atoms with van der Waals surface area (Å²) >= 11 is 0. The van der Waals surface area contributed by atoms with Gasteiger partial charge in [0.25, 0.3) is 11.8 Å². The zero-order valence-corrected chi connectivity index (χ0v) is 11.3. The van der Waals surface area contributed by atoms with Crippen molar-refractivity contribution in [2.75, 3.05) is 13.1 Å². The molecule has 2 amide bonds. The summed E-state index contributed by atoms with van der Waals surface area (Å²) in [6.07, 6.45) is 1.67. The first-order valence-corrected chi connectivity index (χ1v) is 6.43. The second kappa shape index (κ2) is 6.78. The highest BCUT2D eigenvalue weighted by molar-refractivity contribution is 6.03. The van der Waals surface area contributed by atoms with E-state index in [1.54, 1.807) is 11.0 Å². The molecular formula is C14H20N2O3. The van der Waals surface area contributed by atoms with E-state index in [1.165, 1.54) is 12.1 Å². The number of para-hydroxylation sites is 1. The first-order valence-electron chi connectivity index (χ1n) is 6.43. The molecule has 1 rings (SSSR count). The number of carbonyl (C=O) groups is 2. The van der Waals surface area contributed by atoms with Crippen LogP contribution in [0.15, 0.2) is 18.2 Å². The molecule has 0 aliphatic rings. The Labute approximate surface area is 113 Å². The van der Waals surface area contributed by atoms with E-state index in [1.807, 2.05) is 13.8 Å². The predicted octanol–water partition coefficient (Wildman–Crippen LogP) is 1.75. The fraction of sp³-hybridized carbons (Fsp3) is 0.429. The molecule has 0 saturated carbocycles. The zero-order chi connectivity index (χ0) is 14.4. The van der Waals surface area contributed by atoms with Gasteiger partial charge in [-0.05, 0) is 25.0 Å². The third kappa shape index (κ3) is 3.47. The number of aromatic hydroxyl groups is 1. The Hall–Kier alpha value is -2.04. The van der Waals surface area contributed by atoms with Crippen LogP contribution >= 0.6 is 0 Å². The van der Waals surface area contributed by atoms with Crippen molar-refractivity contribution in [1.82, 2.24) is 4.90 Å². The van der Waals surface area contributed by atoms with Gasteiger partial charge < -0.3 is 15.7 Å². The smallest absolute Gasteiger partial charge is 0.257 e. The molecule has 0 aliphatic heterocycles. The van der Waals surface area contributed by atoms with E-state index in [0.717, 1.165) is 12.8 Å². The lowest BCUT2D eigenvalue weighted by Crippen LogP contribution is -2.32. The van der Waals surface area contributed by atoms with Crippen LogP contribution in [0.25, 0.3) is 0 Å². The summed E-state index contributed by atoms with van der Waals surface area (Å²) in [6.45, 7) is 5.20. The number of nitrogens with zero attached hydrogens (tertiary/aromatic N) is 1. The van der Waals surface area contributed by atoms with Crippen LogP contribution in [0, 0.1) is 0 Å². The highest BCUT2D eigenvalue weighted by atomic mass is 16.3. The average Bonchev–Trinajstić information content (AvgIpc) is 2.37. The van der Waals surface area contributed by atoms with Gasteiger partial charge in [0.05, 0.1) is 11.1 Å². The topological polar surface area (TPSA) is 83.6 Å². The van der Waals surface area contributed by atoms with Crippen LogP contribution < -0.4 is 5.73 Å². The minimum absolute atomic E-state index is 0.0289. The van der Waals surface area contributed by atoms with Crippen molar-refractivity contribution < 1.29 is 14.7 Å². The van der Waals surface area contributed by atoms with Crippen LogP contribution in [0.2, 0.25) is 0 Å². The van der Waals surface area contributed by atoms with Gasteiger partial charge in [0.1, 0.15) is 5.75 Å². The van der Waals surface area contributed by atoms with Crippen molar-refractivity contribution in [3.05, 3.63) is 29.3 Å². The average molecular weight is 264 g/mol. The maximum atomic E-state index is 12.3. The second-order valence-electron chi connectivity index (χ2n) is 4.36. The summed E-state index contributed by atoms with van der Waals surface area (Å²) < 4.78 is 0. The minimum atomic E-state index is -0.746. The number of rotatable bonds is 6. The van der Waals surface area contributed by atoms with Gasteiger partial charge in [-0.25, -0.2) is 0 Å². The molecule has 0 saturated heterocycles. The van der Waals surface area contributed by atoms with Gasteiger partial charge in [0, 0.05) is 13.1 Å². The highest BCUT2D eigenvalue weighted by Gasteiger charge is 2.20. The lowest BCUT2D eigenvalue weighted by atomic mass is 10.1. The van der Waals surface area contributed by atoms with E-state index in [4.69, 9.17) is 5.73 Å². The number of phenols is 1. The lowest BCUT2D eigenvalue weighted by Gasteiger charge is -2.22. The van der Waals surface area contributed by atoms with Gasteiger partial charge in [-0.15, -0.1) is 0 Å². The molecule has 1 aromatic carbocycles. The van der Waals surface area contributed by atoms with Crippen molar-refractivity contribution >= 4 is 11.8 Å². The fourth-order valence-electron chi connectivity index (χ4n) is 1.94. The number of carbonyl (C=O) groups excluding carboxylic acids is 2. The van der Waals surface area contributed by atoms with Crippen LogP contribution in [-0.2, 0) is 0 Å². The van der Waals surface area contributed by atoms with Crippen LogP contribution in [0.1, 0.15) is 47.4 Å². The monoisotopic (exact) mass is 264 g/mol. The Morgan fingerprint density at radius 1 is 1.16 bits per heavy atom. The van der Waals surface area contributed by atoms with Crippen LogP contribution in [0.3, 0.4) is 0 Å². The SMILES string of the molecule is CCCN(CCC)C(=O)c1cccc(C(N)=O)c1O. The number of amides is 2. The zero-order valence-electron chi connectivity index (χ0n) is 11.3. The van der Waals surface area contributed by atoms with Crippen molar-refractivity contribution in [2.45, 2.75) is 26.7 Å². The molecule has 104 valence electrons. The van der Waals surface area contributed by atoms with E-state index in [2.05, 4.69) is 0 Å². The highest BCUT2D eigenvalue weighted by Crippen LogP contribution is 2.23. The molecule has 0 unspecified atom stereocenters. The van der Waals surface area contributed by atoms with E-state index in [9.17, 15) is 14.7 Å². The largest absolute Gasteiger partial charge is 0.506 e. The molecule has 0 aromatic heterocycles. The molecule has 5 nitrogen and oxygen atoms in total. The van der Waals surface area contributed by atoms with Gasteiger partial charge in [0.15, 0.2) is 0 Å². The van der Waals surface area contributed by atoms with E-state index in [0.29, 0.717) is 13.1 Å². The predicted molar refractivity (Wildman–Crippen MR) is 73.1 cm³/mol. The van der Waals surface area contributed by atoms with Gasteiger partial charge in [0.2, 0.25) is 0 Å². The summed E-state index contributed by atoms with van der Waals surface area (Å²) in [5, 5.41) is 9.97. The molecule has 0 bridgehead atoms. The molecule has 0 fully saturated rings. The summed E-state index contributed by atoms with van der Waals surface area (Å²) in [7, 11) is 0. The maximum absolute atomic E-state index is 12.3. The molecule has 0 heterocycles. The van der Waals surface area contributed by atoms with Gasteiger partial charge in [-0.1, -0.05) is 19.9 Å². The second-order valence-corrected chi connectivity index (χ2v) is 4.36. The van der Waals surface area contributed by atoms with E-state index < -0.39 is 5.91 Å². The number of hydrogen-bond donors (Lipinski definition) is 2. The van der Waals surface area contributed by atoms with Crippen molar-refractivity contribution in [2.24, 2.45) is 5.73 Å². The fourth-order valence-corrected chi connectivity index (χ4v) is 1.94. The molecule has 0 aliphatic carbocycles. The summed E-state index contributed by atoms with van der Waals surface area (Å²) in [5.74, 6) is -1.36. The van der Waals surface area contributed by atoms with Crippen molar-refractivity contribution in [3.8, 4) is 5.75 Å². The molecule has 1 aromatic rings. The number of hydrogen-bond acceptors (Lipinski definition) is 3. The number of benzene rings is 1. The molecular weight excluding hydrogens is 244 g/mol. The van der Waals surface area contributed by atoms with Crippen LogP contribution in [0.5, 0.6) is 5.75 Å². The summed E-state index contributed by atoms with van der Waals surface area (Å²) in [4.78, 5) is 25.2. The Kier molecular flexibility index (Phi) is 5.36. The lowest BCUT2D eigenvalue weighted by molar-refractivity contribution is 0.0752. The minimum Gasteiger partial charge on any atom is -0.506 e. The Bertz CT molecular complexity index is 466. The Morgan fingerprint density at radius 3 is 2.16 bits per heavy atom. The third-order valence-corrected chi connectivity index (χ3v) is 2.81. The molecule has 0 atom stereocenters. The standard InChI is InChI=1S/C14H20N2O3/c1-3-8-16(9-4-2)14(19)11-7-5-6-10(12(11)17)13(15)18/h5-7,17H,3-4,8-9H2,1-2H3,(H2,15,18). The molecule has 0 radical (unpaired) electrons. The Balaban J connectivity index is 3.10. The third-order valence-electron chi connectivity index (χ3n) is 2.81. The van der Waals surface area contributed by atoms with Crippen LogP contribution in [0.4, 0.5) is 0 Å². The first-order chi connectivity index (χ1) is 9.02. The van der Waals surface area contributed by atoms with E-state index in [-0.39, 0.29) is 22.8 Å². The molecule has 5 heteroatoms. The van der Waals surface area contributed by atoms with Crippen LogP contribution in [-0.4, -0.2) is 34.9 Å².